The minimum Gasteiger partial charge on any atom is -0.399 e. The van der Waals surface area contributed by atoms with Crippen LogP contribution in [0.25, 0.3) is 10.9 Å². The Balaban J connectivity index is 1.99. The SMILES string of the molecule is NC(=O)CCCCNc1ccnc2cc(N)ccc12. The number of fused-ring (bicyclic) bond motifs is 1. The molecule has 1 amide bonds. The van der Waals surface area contributed by atoms with Crippen LogP contribution in [0.2, 0.25) is 0 Å². The molecule has 0 fully saturated rings. The quantitative estimate of drug-likeness (QED) is 0.544. The highest BCUT2D eigenvalue weighted by atomic mass is 16.1. The number of rotatable bonds is 6. The maximum atomic E-state index is 10.6. The predicted octanol–water partition coefficient (Wildman–Crippen LogP) is 1.88. The van der Waals surface area contributed by atoms with E-state index in [-0.39, 0.29) is 5.91 Å². The van der Waals surface area contributed by atoms with E-state index in [1.165, 1.54) is 0 Å². The van der Waals surface area contributed by atoms with Crippen LogP contribution in [-0.2, 0) is 4.79 Å². The highest BCUT2D eigenvalue weighted by Crippen LogP contribution is 2.23. The third kappa shape index (κ3) is 3.58. The summed E-state index contributed by atoms with van der Waals surface area (Å²) in [6.07, 6.45) is 3.91. The number of hydrogen-bond acceptors (Lipinski definition) is 4. The molecule has 0 radical (unpaired) electrons. The molecule has 5 N–H and O–H groups in total. The third-order valence-corrected chi connectivity index (χ3v) is 2.93. The van der Waals surface area contributed by atoms with E-state index < -0.39 is 0 Å². The largest absolute Gasteiger partial charge is 0.399 e. The van der Waals surface area contributed by atoms with Gasteiger partial charge >= 0.3 is 0 Å². The van der Waals surface area contributed by atoms with Gasteiger partial charge in [0.25, 0.3) is 0 Å². The molecule has 5 heteroatoms. The number of primary amides is 1. The first-order chi connectivity index (χ1) is 9.16. The molecule has 0 saturated heterocycles. The highest BCUT2D eigenvalue weighted by molar-refractivity contribution is 5.92. The van der Waals surface area contributed by atoms with Crippen molar-refractivity contribution in [2.45, 2.75) is 19.3 Å². The topological polar surface area (TPSA) is 94.0 Å². The predicted molar refractivity (Wildman–Crippen MR) is 77.7 cm³/mol. The van der Waals surface area contributed by atoms with Gasteiger partial charge < -0.3 is 16.8 Å². The van der Waals surface area contributed by atoms with Crippen LogP contribution in [0.5, 0.6) is 0 Å². The van der Waals surface area contributed by atoms with E-state index in [9.17, 15) is 4.79 Å². The first-order valence-electron chi connectivity index (χ1n) is 6.33. The molecule has 1 aromatic carbocycles. The molecule has 2 aromatic rings. The Hall–Kier alpha value is -2.30. The number of amides is 1. The second-order valence-corrected chi connectivity index (χ2v) is 4.49. The number of nitrogens with one attached hydrogen (secondary N) is 1. The number of unbranched alkanes of at least 4 members (excludes halogenated alkanes) is 1. The van der Waals surface area contributed by atoms with Crippen LogP contribution in [-0.4, -0.2) is 17.4 Å². The van der Waals surface area contributed by atoms with Gasteiger partial charge in [0.15, 0.2) is 0 Å². The van der Waals surface area contributed by atoms with Gasteiger partial charge in [0.1, 0.15) is 0 Å². The molecule has 0 atom stereocenters. The van der Waals surface area contributed by atoms with Gasteiger partial charge in [-0.05, 0) is 37.1 Å². The van der Waals surface area contributed by atoms with Crippen molar-refractivity contribution in [3.05, 3.63) is 30.5 Å². The summed E-state index contributed by atoms with van der Waals surface area (Å²) in [5.74, 6) is -0.246. The second-order valence-electron chi connectivity index (χ2n) is 4.49. The first-order valence-corrected chi connectivity index (χ1v) is 6.33. The zero-order valence-corrected chi connectivity index (χ0v) is 10.7. The van der Waals surface area contributed by atoms with Crippen LogP contribution in [0.4, 0.5) is 11.4 Å². The van der Waals surface area contributed by atoms with Gasteiger partial charge in [-0.1, -0.05) is 0 Å². The number of nitrogens with zero attached hydrogens (tertiary/aromatic N) is 1. The lowest BCUT2D eigenvalue weighted by molar-refractivity contribution is -0.118. The number of hydrogen-bond donors (Lipinski definition) is 3. The Bertz CT molecular complexity index is 583. The van der Waals surface area contributed by atoms with Crippen molar-refractivity contribution in [2.24, 2.45) is 5.73 Å². The normalized spacial score (nSPS) is 10.5. The van der Waals surface area contributed by atoms with E-state index >= 15 is 0 Å². The maximum Gasteiger partial charge on any atom is 0.217 e. The van der Waals surface area contributed by atoms with Gasteiger partial charge in [-0.3, -0.25) is 9.78 Å². The number of anilines is 2. The molecule has 5 nitrogen and oxygen atoms in total. The molecule has 100 valence electrons. The molecular formula is C14H18N4O. The fourth-order valence-corrected chi connectivity index (χ4v) is 1.97. The molecule has 0 aliphatic rings. The van der Waals surface area contributed by atoms with E-state index in [4.69, 9.17) is 11.5 Å². The minimum atomic E-state index is -0.246. The number of benzene rings is 1. The van der Waals surface area contributed by atoms with Crippen molar-refractivity contribution in [3.63, 3.8) is 0 Å². The lowest BCUT2D eigenvalue weighted by Crippen LogP contribution is -2.11. The summed E-state index contributed by atoms with van der Waals surface area (Å²) in [7, 11) is 0. The fourth-order valence-electron chi connectivity index (χ4n) is 1.97. The minimum absolute atomic E-state index is 0.246. The molecule has 2 rings (SSSR count). The summed E-state index contributed by atoms with van der Waals surface area (Å²) >= 11 is 0. The van der Waals surface area contributed by atoms with Gasteiger partial charge in [-0.25, -0.2) is 0 Å². The number of pyridine rings is 1. The standard InChI is InChI=1S/C14H18N4O/c15-10-4-5-11-12(6-8-18-13(11)9-10)17-7-2-1-3-14(16)19/h4-6,8-9H,1-3,7,15H2,(H2,16,19)(H,17,18). The van der Waals surface area contributed by atoms with Crippen molar-refractivity contribution in [3.8, 4) is 0 Å². The molecule has 0 aliphatic carbocycles. The van der Waals surface area contributed by atoms with E-state index in [1.807, 2.05) is 24.3 Å². The van der Waals surface area contributed by atoms with Crippen LogP contribution < -0.4 is 16.8 Å². The molecule has 19 heavy (non-hydrogen) atoms. The first kappa shape index (κ1) is 13.1. The maximum absolute atomic E-state index is 10.6. The average molecular weight is 258 g/mol. The van der Waals surface area contributed by atoms with E-state index in [1.54, 1.807) is 6.20 Å². The lowest BCUT2D eigenvalue weighted by Gasteiger charge is -2.09. The summed E-state index contributed by atoms with van der Waals surface area (Å²) in [6.45, 7) is 0.802. The molecular weight excluding hydrogens is 240 g/mol. The lowest BCUT2D eigenvalue weighted by atomic mass is 10.1. The summed E-state index contributed by atoms with van der Waals surface area (Å²) in [6, 6.07) is 7.62. The highest BCUT2D eigenvalue weighted by Gasteiger charge is 2.02. The Labute approximate surface area is 112 Å². The average Bonchev–Trinajstić information content (AvgIpc) is 2.37. The van der Waals surface area contributed by atoms with Gasteiger partial charge in [0.05, 0.1) is 5.52 Å². The molecule has 1 heterocycles. The number of carbonyl (C=O) groups is 1. The van der Waals surface area contributed by atoms with E-state index in [0.29, 0.717) is 12.1 Å². The summed E-state index contributed by atoms with van der Waals surface area (Å²) < 4.78 is 0. The Kier molecular flexibility index (Phi) is 4.18. The van der Waals surface area contributed by atoms with E-state index in [2.05, 4.69) is 10.3 Å². The van der Waals surface area contributed by atoms with Crippen LogP contribution in [0, 0.1) is 0 Å². The van der Waals surface area contributed by atoms with Crippen molar-refractivity contribution in [1.82, 2.24) is 4.98 Å². The van der Waals surface area contributed by atoms with Crippen molar-refractivity contribution in [2.75, 3.05) is 17.6 Å². The second kappa shape index (κ2) is 6.04. The van der Waals surface area contributed by atoms with Gasteiger partial charge in [0, 0.05) is 35.9 Å². The van der Waals surface area contributed by atoms with Crippen LogP contribution in [0.15, 0.2) is 30.5 Å². The molecule has 0 bridgehead atoms. The number of nitrogen functional groups attached to an aromatic ring is 1. The number of aromatic nitrogens is 1. The monoisotopic (exact) mass is 258 g/mol. The summed E-state index contributed by atoms with van der Waals surface area (Å²) in [5.41, 5.74) is 13.4. The van der Waals surface area contributed by atoms with Crippen molar-refractivity contribution >= 4 is 28.2 Å². The molecule has 0 spiro atoms. The zero-order valence-electron chi connectivity index (χ0n) is 10.7. The number of nitrogens with two attached hydrogens (primary N) is 2. The molecule has 1 aromatic heterocycles. The fraction of sp³-hybridized carbons (Fsp3) is 0.286. The summed E-state index contributed by atoms with van der Waals surface area (Å²) in [5, 5.41) is 4.40. The third-order valence-electron chi connectivity index (χ3n) is 2.93. The zero-order chi connectivity index (χ0) is 13.7. The van der Waals surface area contributed by atoms with E-state index in [0.717, 1.165) is 36.0 Å². The van der Waals surface area contributed by atoms with Crippen molar-refractivity contribution in [1.29, 1.82) is 0 Å². The molecule has 0 saturated carbocycles. The number of carbonyl (C=O) groups excluding carboxylic acids is 1. The Morgan fingerprint density at radius 2 is 2.11 bits per heavy atom. The van der Waals surface area contributed by atoms with Crippen LogP contribution in [0.1, 0.15) is 19.3 Å². The van der Waals surface area contributed by atoms with Gasteiger partial charge in [-0.15, -0.1) is 0 Å². The van der Waals surface area contributed by atoms with Gasteiger partial charge in [-0.2, -0.15) is 0 Å². The van der Waals surface area contributed by atoms with Crippen LogP contribution >= 0.6 is 0 Å². The smallest absolute Gasteiger partial charge is 0.217 e. The Morgan fingerprint density at radius 3 is 2.89 bits per heavy atom. The van der Waals surface area contributed by atoms with Crippen LogP contribution in [0.3, 0.4) is 0 Å². The molecule has 0 unspecified atom stereocenters. The van der Waals surface area contributed by atoms with Crippen molar-refractivity contribution < 1.29 is 4.79 Å². The van der Waals surface area contributed by atoms with Gasteiger partial charge in [0.2, 0.25) is 5.91 Å². The molecule has 0 aliphatic heterocycles. The summed E-state index contributed by atoms with van der Waals surface area (Å²) in [4.78, 5) is 14.9. The Morgan fingerprint density at radius 1 is 1.26 bits per heavy atom.